The lowest BCUT2D eigenvalue weighted by Crippen LogP contribution is -2.60. The topological polar surface area (TPSA) is 23.5 Å². The molecule has 1 aliphatic rings. The Morgan fingerprint density at radius 3 is 2.81 bits per heavy atom. The molecule has 16 heavy (non-hydrogen) atoms. The van der Waals surface area contributed by atoms with Crippen LogP contribution in [0.25, 0.3) is 0 Å². The second-order valence-corrected chi connectivity index (χ2v) is 4.90. The van der Waals surface area contributed by atoms with Gasteiger partial charge in [-0.25, -0.2) is 4.39 Å². The first-order valence-electron chi connectivity index (χ1n) is 5.41. The summed E-state index contributed by atoms with van der Waals surface area (Å²) >= 11 is 5.81. The molecule has 1 aliphatic heterocycles. The lowest BCUT2D eigenvalue weighted by Gasteiger charge is -2.46. The van der Waals surface area contributed by atoms with E-state index in [0.717, 1.165) is 6.42 Å². The molecular formula is C12H15ClFNO. The van der Waals surface area contributed by atoms with Crippen LogP contribution in [0.5, 0.6) is 0 Å². The van der Waals surface area contributed by atoms with Gasteiger partial charge in [-0.05, 0) is 24.6 Å². The fraction of sp³-hybridized carbons (Fsp3) is 0.500. The average Bonchev–Trinajstić information content (AvgIpc) is 2.21. The summed E-state index contributed by atoms with van der Waals surface area (Å²) in [5.74, 6) is -0.240. The molecule has 0 unspecified atom stereocenters. The lowest BCUT2D eigenvalue weighted by atomic mass is 9.91. The zero-order chi connectivity index (χ0) is 11.8. The molecule has 0 atom stereocenters. The summed E-state index contributed by atoms with van der Waals surface area (Å²) in [6.07, 6.45) is 0.738. The van der Waals surface area contributed by atoms with Crippen LogP contribution in [0.2, 0.25) is 5.02 Å². The highest BCUT2D eigenvalue weighted by Gasteiger charge is 2.39. The van der Waals surface area contributed by atoms with Crippen LogP contribution < -0.4 is 0 Å². The van der Waals surface area contributed by atoms with Gasteiger partial charge in [0.1, 0.15) is 5.82 Å². The third kappa shape index (κ3) is 2.37. The van der Waals surface area contributed by atoms with E-state index >= 15 is 0 Å². The third-order valence-corrected chi connectivity index (χ3v) is 3.33. The Kier molecular flexibility index (Phi) is 3.19. The van der Waals surface area contributed by atoms with E-state index in [-0.39, 0.29) is 5.82 Å². The summed E-state index contributed by atoms with van der Waals surface area (Å²) < 4.78 is 13.4. The molecule has 1 saturated heterocycles. The van der Waals surface area contributed by atoms with Crippen LogP contribution in [0, 0.1) is 5.82 Å². The molecule has 0 aliphatic carbocycles. The number of benzene rings is 1. The Hall–Kier alpha value is -0.640. The number of hydrogen-bond acceptors (Lipinski definition) is 2. The normalized spacial score (nSPS) is 19.5. The monoisotopic (exact) mass is 243 g/mol. The van der Waals surface area contributed by atoms with E-state index in [9.17, 15) is 9.50 Å². The maximum absolute atomic E-state index is 13.4. The average molecular weight is 244 g/mol. The minimum Gasteiger partial charge on any atom is -0.387 e. The molecule has 1 aromatic carbocycles. The molecule has 1 heterocycles. The quantitative estimate of drug-likeness (QED) is 0.882. The lowest BCUT2D eigenvalue weighted by molar-refractivity contribution is -0.103. The van der Waals surface area contributed by atoms with Crippen molar-refractivity contribution in [3.05, 3.63) is 34.6 Å². The molecule has 0 amide bonds. The molecule has 1 aromatic rings. The SMILES string of the molecule is CCC1(O)CN(Cc2cc(Cl)ccc2F)C1. The molecular weight excluding hydrogens is 229 g/mol. The fourth-order valence-electron chi connectivity index (χ4n) is 2.03. The summed E-state index contributed by atoms with van der Waals surface area (Å²) in [5.41, 5.74) is 0.0142. The van der Waals surface area contributed by atoms with Crippen molar-refractivity contribution >= 4 is 11.6 Å². The maximum Gasteiger partial charge on any atom is 0.127 e. The van der Waals surface area contributed by atoms with Gasteiger partial charge in [-0.15, -0.1) is 0 Å². The van der Waals surface area contributed by atoms with E-state index in [1.54, 1.807) is 12.1 Å². The van der Waals surface area contributed by atoms with E-state index < -0.39 is 5.60 Å². The van der Waals surface area contributed by atoms with Gasteiger partial charge in [0, 0.05) is 30.2 Å². The van der Waals surface area contributed by atoms with E-state index in [0.29, 0.717) is 30.2 Å². The first-order valence-corrected chi connectivity index (χ1v) is 5.79. The highest BCUT2D eigenvalue weighted by molar-refractivity contribution is 6.30. The van der Waals surface area contributed by atoms with Crippen molar-refractivity contribution in [1.29, 1.82) is 0 Å². The molecule has 4 heteroatoms. The van der Waals surface area contributed by atoms with Crippen LogP contribution in [-0.4, -0.2) is 28.7 Å². The molecule has 1 N–H and O–H groups in total. The van der Waals surface area contributed by atoms with Gasteiger partial charge in [0.05, 0.1) is 5.60 Å². The van der Waals surface area contributed by atoms with Crippen molar-refractivity contribution in [1.82, 2.24) is 4.90 Å². The van der Waals surface area contributed by atoms with Gasteiger partial charge >= 0.3 is 0 Å². The van der Waals surface area contributed by atoms with Crippen molar-refractivity contribution in [3.63, 3.8) is 0 Å². The number of halogens is 2. The molecule has 1 fully saturated rings. The summed E-state index contributed by atoms with van der Waals surface area (Å²) in [6, 6.07) is 4.56. The van der Waals surface area contributed by atoms with Gasteiger partial charge in [-0.3, -0.25) is 4.90 Å². The van der Waals surface area contributed by atoms with Crippen molar-refractivity contribution in [2.24, 2.45) is 0 Å². The number of nitrogens with zero attached hydrogens (tertiary/aromatic N) is 1. The standard InChI is InChI=1S/C12H15ClFNO/c1-2-12(16)7-15(8-12)6-9-5-10(13)3-4-11(9)14/h3-5,16H,2,6-8H2,1H3. The van der Waals surface area contributed by atoms with E-state index in [1.165, 1.54) is 6.07 Å². The van der Waals surface area contributed by atoms with E-state index in [4.69, 9.17) is 11.6 Å². The van der Waals surface area contributed by atoms with Gasteiger partial charge in [0.2, 0.25) is 0 Å². The Morgan fingerprint density at radius 2 is 2.19 bits per heavy atom. The first kappa shape index (κ1) is 11.8. The van der Waals surface area contributed by atoms with Crippen molar-refractivity contribution < 1.29 is 9.50 Å². The van der Waals surface area contributed by atoms with Gasteiger partial charge in [-0.1, -0.05) is 18.5 Å². The second-order valence-electron chi connectivity index (χ2n) is 4.46. The van der Waals surface area contributed by atoms with Gasteiger partial charge in [0.15, 0.2) is 0 Å². The zero-order valence-corrected chi connectivity index (χ0v) is 9.97. The Morgan fingerprint density at radius 1 is 1.50 bits per heavy atom. The molecule has 2 rings (SSSR count). The first-order chi connectivity index (χ1) is 7.52. The summed E-state index contributed by atoms with van der Waals surface area (Å²) in [7, 11) is 0. The largest absolute Gasteiger partial charge is 0.387 e. The molecule has 2 nitrogen and oxygen atoms in total. The summed E-state index contributed by atoms with van der Waals surface area (Å²) in [4.78, 5) is 2.01. The van der Waals surface area contributed by atoms with Gasteiger partial charge in [0.25, 0.3) is 0 Å². The van der Waals surface area contributed by atoms with Crippen LogP contribution in [-0.2, 0) is 6.54 Å². The number of hydrogen-bond donors (Lipinski definition) is 1. The van der Waals surface area contributed by atoms with E-state index in [1.807, 2.05) is 11.8 Å². The predicted octanol–water partition coefficient (Wildman–Crippen LogP) is 2.44. The number of aliphatic hydroxyl groups is 1. The minimum atomic E-state index is -0.574. The van der Waals surface area contributed by atoms with Gasteiger partial charge in [-0.2, -0.15) is 0 Å². The smallest absolute Gasteiger partial charge is 0.127 e. The minimum absolute atomic E-state index is 0.240. The molecule has 88 valence electrons. The molecule has 0 radical (unpaired) electrons. The summed E-state index contributed by atoms with van der Waals surface area (Å²) in [6.45, 7) is 3.68. The van der Waals surface area contributed by atoms with Crippen LogP contribution >= 0.6 is 11.6 Å². The van der Waals surface area contributed by atoms with Crippen LogP contribution in [0.15, 0.2) is 18.2 Å². The Labute approximate surface area is 99.6 Å². The van der Waals surface area contributed by atoms with Crippen molar-refractivity contribution in [2.45, 2.75) is 25.5 Å². The maximum atomic E-state index is 13.4. The molecule has 0 saturated carbocycles. The molecule has 0 aromatic heterocycles. The van der Waals surface area contributed by atoms with Crippen LogP contribution in [0.4, 0.5) is 4.39 Å². The fourth-order valence-corrected chi connectivity index (χ4v) is 2.22. The highest BCUT2D eigenvalue weighted by atomic mass is 35.5. The van der Waals surface area contributed by atoms with Crippen molar-refractivity contribution in [2.75, 3.05) is 13.1 Å². The summed E-state index contributed by atoms with van der Waals surface area (Å²) in [5, 5.41) is 10.4. The Balaban J connectivity index is 1.99. The Bertz CT molecular complexity index is 391. The predicted molar refractivity (Wildman–Crippen MR) is 61.9 cm³/mol. The third-order valence-electron chi connectivity index (χ3n) is 3.10. The van der Waals surface area contributed by atoms with E-state index in [2.05, 4.69) is 0 Å². The van der Waals surface area contributed by atoms with Crippen LogP contribution in [0.1, 0.15) is 18.9 Å². The zero-order valence-electron chi connectivity index (χ0n) is 9.21. The number of likely N-dealkylation sites (tertiary alicyclic amines) is 1. The second kappa shape index (κ2) is 4.32. The molecule has 0 spiro atoms. The molecule has 0 bridgehead atoms. The number of rotatable bonds is 3. The van der Waals surface area contributed by atoms with Gasteiger partial charge < -0.3 is 5.11 Å². The number of β-amino-alcohol motifs (C(OH)–C–C–N with tert-alkyl or cyclic N) is 1. The highest BCUT2D eigenvalue weighted by Crippen LogP contribution is 2.27. The van der Waals surface area contributed by atoms with Crippen LogP contribution in [0.3, 0.4) is 0 Å². The van der Waals surface area contributed by atoms with Crippen molar-refractivity contribution in [3.8, 4) is 0 Å².